The molecule has 1 amide bonds. The summed E-state index contributed by atoms with van der Waals surface area (Å²) in [6.45, 7) is 1.53. The fourth-order valence-electron chi connectivity index (χ4n) is 2.04. The zero-order chi connectivity index (χ0) is 10.7. The van der Waals surface area contributed by atoms with E-state index in [0.717, 1.165) is 6.54 Å². The minimum Gasteiger partial charge on any atom is -0.465 e. The lowest BCUT2D eigenvalue weighted by atomic mass is 9.94. The molecule has 0 aliphatic carbocycles. The molecule has 15 heavy (non-hydrogen) atoms. The van der Waals surface area contributed by atoms with Crippen molar-refractivity contribution in [1.29, 1.82) is 0 Å². The van der Waals surface area contributed by atoms with Crippen molar-refractivity contribution in [3.8, 4) is 0 Å². The number of rotatable bonds is 2. The average Bonchev–Trinajstić information content (AvgIpc) is 2.66. The number of hydrogen-bond donors (Lipinski definition) is 3. The minimum atomic E-state index is -0.954. The number of hydrogen-bond acceptors (Lipinski definition) is 2. The van der Waals surface area contributed by atoms with Gasteiger partial charge in [0.15, 0.2) is 0 Å². The Morgan fingerprint density at radius 2 is 2.07 bits per heavy atom. The van der Waals surface area contributed by atoms with Gasteiger partial charge >= 0.3 is 6.09 Å². The summed E-state index contributed by atoms with van der Waals surface area (Å²) in [4.78, 5) is 10.6. The second kappa shape index (κ2) is 4.31. The van der Waals surface area contributed by atoms with E-state index in [9.17, 15) is 4.79 Å². The first-order valence-electron chi connectivity index (χ1n) is 5.02. The number of carboxylic acid groups (broad SMARTS) is 1. The van der Waals surface area contributed by atoms with Crippen molar-refractivity contribution in [1.82, 2.24) is 10.6 Å². The van der Waals surface area contributed by atoms with Gasteiger partial charge in [0.25, 0.3) is 0 Å². The van der Waals surface area contributed by atoms with E-state index in [-0.39, 0.29) is 12.0 Å². The normalized spacial score (nSPS) is 25.1. The summed E-state index contributed by atoms with van der Waals surface area (Å²) in [5.74, 6) is 0.238. The first kappa shape index (κ1) is 9.98. The summed E-state index contributed by atoms with van der Waals surface area (Å²) in [7, 11) is 0. The Morgan fingerprint density at radius 1 is 1.33 bits per heavy atom. The van der Waals surface area contributed by atoms with Gasteiger partial charge in [-0.1, -0.05) is 30.3 Å². The monoisotopic (exact) mass is 206 g/mol. The Hall–Kier alpha value is -1.55. The minimum absolute atomic E-state index is 0.0232. The van der Waals surface area contributed by atoms with Gasteiger partial charge in [0, 0.05) is 19.0 Å². The van der Waals surface area contributed by atoms with Crippen LogP contribution in [0.5, 0.6) is 0 Å². The molecule has 4 heteroatoms. The maximum atomic E-state index is 10.6. The van der Waals surface area contributed by atoms with E-state index >= 15 is 0 Å². The summed E-state index contributed by atoms with van der Waals surface area (Å²) < 4.78 is 0. The summed E-state index contributed by atoms with van der Waals surface area (Å²) in [6.07, 6.45) is -0.954. The Morgan fingerprint density at radius 3 is 2.73 bits per heavy atom. The Bertz CT molecular complexity index is 340. The molecule has 0 unspecified atom stereocenters. The van der Waals surface area contributed by atoms with Crippen LogP contribution in [0.1, 0.15) is 11.5 Å². The topological polar surface area (TPSA) is 61.4 Å². The van der Waals surface area contributed by atoms with Crippen LogP contribution in [0.25, 0.3) is 0 Å². The third-order valence-electron chi connectivity index (χ3n) is 2.75. The van der Waals surface area contributed by atoms with Crippen LogP contribution in [0.3, 0.4) is 0 Å². The highest BCUT2D eigenvalue weighted by molar-refractivity contribution is 5.65. The predicted molar refractivity (Wildman–Crippen MR) is 57.0 cm³/mol. The smallest absolute Gasteiger partial charge is 0.404 e. The molecule has 80 valence electrons. The van der Waals surface area contributed by atoms with Gasteiger partial charge in [-0.05, 0) is 5.56 Å². The van der Waals surface area contributed by atoms with Crippen molar-refractivity contribution >= 4 is 6.09 Å². The quantitative estimate of drug-likeness (QED) is 0.676. The van der Waals surface area contributed by atoms with E-state index in [1.165, 1.54) is 5.56 Å². The third-order valence-corrected chi connectivity index (χ3v) is 2.75. The standard InChI is InChI=1S/C11H14N2O2/c14-11(15)13-10-7-12-6-9(10)8-4-2-1-3-5-8/h1-5,9-10,12-13H,6-7H2,(H,14,15)/t9-,10+/m0/s1. The van der Waals surface area contributed by atoms with Crippen LogP contribution in [0, 0.1) is 0 Å². The van der Waals surface area contributed by atoms with E-state index < -0.39 is 6.09 Å². The van der Waals surface area contributed by atoms with Gasteiger partial charge in [0.1, 0.15) is 0 Å². The molecule has 1 aromatic carbocycles. The second-order valence-electron chi connectivity index (χ2n) is 3.73. The molecule has 1 fully saturated rings. The number of benzene rings is 1. The molecular weight excluding hydrogens is 192 g/mol. The van der Waals surface area contributed by atoms with Crippen LogP contribution < -0.4 is 10.6 Å². The van der Waals surface area contributed by atoms with Crippen molar-refractivity contribution in [3.63, 3.8) is 0 Å². The molecule has 2 atom stereocenters. The zero-order valence-electron chi connectivity index (χ0n) is 8.31. The molecule has 1 saturated heterocycles. The molecule has 0 spiro atoms. The highest BCUT2D eigenvalue weighted by atomic mass is 16.4. The van der Waals surface area contributed by atoms with Crippen LogP contribution in [-0.4, -0.2) is 30.3 Å². The van der Waals surface area contributed by atoms with Gasteiger partial charge in [-0.15, -0.1) is 0 Å². The summed E-state index contributed by atoms with van der Waals surface area (Å²) in [5.41, 5.74) is 1.18. The Labute approximate surface area is 88.3 Å². The molecule has 1 aliphatic rings. The summed E-state index contributed by atoms with van der Waals surface area (Å²) >= 11 is 0. The van der Waals surface area contributed by atoms with Crippen LogP contribution >= 0.6 is 0 Å². The van der Waals surface area contributed by atoms with Gasteiger partial charge in [0.2, 0.25) is 0 Å². The van der Waals surface area contributed by atoms with Gasteiger partial charge in [-0.2, -0.15) is 0 Å². The molecule has 2 rings (SSSR count). The number of carbonyl (C=O) groups is 1. The van der Waals surface area contributed by atoms with Crippen molar-refractivity contribution < 1.29 is 9.90 Å². The Kier molecular flexibility index (Phi) is 2.87. The van der Waals surface area contributed by atoms with E-state index in [1.807, 2.05) is 30.3 Å². The molecule has 0 bridgehead atoms. The second-order valence-corrected chi connectivity index (χ2v) is 3.73. The van der Waals surface area contributed by atoms with E-state index in [0.29, 0.717) is 6.54 Å². The average molecular weight is 206 g/mol. The molecule has 0 radical (unpaired) electrons. The molecule has 1 aliphatic heterocycles. The molecular formula is C11H14N2O2. The van der Waals surface area contributed by atoms with Crippen molar-refractivity contribution in [2.45, 2.75) is 12.0 Å². The fraction of sp³-hybridized carbons (Fsp3) is 0.364. The van der Waals surface area contributed by atoms with Gasteiger partial charge in [0.05, 0.1) is 6.04 Å². The molecule has 0 aromatic heterocycles. The van der Waals surface area contributed by atoms with Crippen LogP contribution in [-0.2, 0) is 0 Å². The van der Waals surface area contributed by atoms with Crippen LogP contribution in [0.2, 0.25) is 0 Å². The molecule has 3 N–H and O–H groups in total. The summed E-state index contributed by atoms with van der Waals surface area (Å²) in [5, 5.41) is 14.4. The van der Waals surface area contributed by atoms with Gasteiger partial charge in [-0.25, -0.2) is 4.79 Å². The molecule has 0 saturated carbocycles. The Balaban J connectivity index is 2.11. The first-order chi connectivity index (χ1) is 7.27. The highest BCUT2D eigenvalue weighted by Gasteiger charge is 2.29. The van der Waals surface area contributed by atoms with E-state index in [4.69, 9.17) is 5.11 Å². The zero-order valence-corrected chi connectivity index (χ0v) is 8.31. The lowest BCUT2D eigenvalue weighted by Gasteiger charge is -2.18. The van der Waals surface area contributed by atoms with Crippen molar-refractivity contribution in [3.05, 3.63) is 35.9 Å². The summed E-state index contributed by atoms with van der Waals surface area (Å²) in [6, 6.07) is 9.97. The third kappa shape index (κ3) is 2.27. The van der Waals surface area contributed by atoms with Crippen LogP contribution in [0.15, 0.2) is 30.3 Å². The molecule has 1 heterocycles. The largest absolute Gasteiger partial charge is 0.465 e. The highest BCUT2D eigenvalue weighted by Crippen LogP contribution is 2.22. The van der Waals surface area contributed by atoms with E-state index in [1.54, 1.807) is 0 Å². The number of nitrogens with one attached hydrogen (secondary N) is 2. The van der Waals surface area contributed by atoms with Crippen molar-refractivity contribution in [2.75, 3.05) is 13.1 Å². The van der Waals surface area contributed by atoms with E-state index in [2.05, 4.69) is 10.6 Å². The molecule has 4 nitrogen and oxygen atoms in total. The lowest BCUT2D eigenvalue weighted by molar-refractivity contribution is 0.189. The SMILES string of the molecule is O=C(O)N[C@@H]1CNC[C@H]1c1ccccc1. The predicted octanol–water partition coefficient (Wildman–Crippen LogP) is 1.01. The van der Waals surface area contributed by atoms with Gasteiger partial charge in [-0.3, -0.25) is 0 Å². The maximum absolute atomic E-state index is 10.6. The van der Waals surface area contributed by atoms with Gasteiger partial charge < -0.3 is 15.7 Å². The fourth-order valence-corrected chi connectivity index (χ4v) is 2.04. The lowest BCUT2D eigenvalue weighted by Crippen LogP contribution is -2.38. The molecule has 1 aromatic rings. The van der Waals surface area contributed by atoms with Crippen LogP contribution in [0.4, 0.5) is 4.79 Å². The maximum Gasteiger partial charge on any atom is 0.404 e. The van der Waals surface area contributed by atoms with Crippen molar-refractivity contribution in [2.24, 2.45) is 0 Å². The first-order valence-corrected chi connectivity index (χ1v) is 5.02. The number of amides is 1.